The molecular weight excluding hydrogens is 386 g/mol. The van der Waals surface area contributed by atoms with Gasteiger partial charge in [-0.05, 0) is 50.7 Å². The zero-order chi connectivity index (χ0) is 21.1. The summed E-state index contributed by atoms with van der Waals surface area (Å²) in [5, 5.41) is -0.540. The molecule has 152 valence electrons. The third kappa shape index (κ3) is 4.78. The summed E-state index contributed by atoms with van der Waals surface area (Å²) >= 11 is 0.742. The smallest absolute Gasteiger partial charge is 0.326 e. The number of amides is 2. The topological polar surface area (TPSA) is 91.4 Å². The SMILES string of the molecule is COc1ccc(/C=C2\SC(=O)N(CC(=O)OC(C)(C)C)C2=O)c(OC)c1OC. The van der Waals surface area contributed by atoms with E-state index in [4.69, 9.17) is 18.9 Å². The predicted octanol–water partition coefficient (Wildman–Crippen LogP) is 3.09. The van der Waals surface area contributed by atoms with E-state index >= 15 is 0 Å². The van der Waals surface area contributed by atoms with Crippen LogP contribution in [-0.4, -0.2) is 55.5 Å². The Hall–Kier alpha value is -2.68. The molecule has 0 N–H and O–H groups in total. The van der Waals surface area contributed by atoms with Gasteiger partial charge in [0.05, 0.1) is 26.2 Å². The zero-order valence-electron chi connectivity index (χ0n) is 16.7. The van der Waals surface area contributed by atoms with Gasteiger partial charge in [-0.25, -0.2) is 0 Å². The average Bonchev–Trinajstić information content (AvgIpc) is 2.87. The summed E-state index contributed by atoms with van der Waals surface area (Å²) in [6.45, 7) is 4.69. The molecule has 0 aliphatic carbocycles. The van der Waals surface area contributed by atoms with Gasteiger partial charge in [0.1, 0.15) is 12.1 Å². The lowest BCUT2D eigenvalue weighted by atomic mass is 10.1. The number of ether oxygens (including phenoxy) is 4. The highest BCUT2D eigenvalue weighted by Gasteiger charge is 2.37. The van der Waals surface area contributed by atoms with Crippen LogP contribution in [0.2, 0.25) is 0 Å². The lowest BCUT2D eigenvalue weighted by molar-refractivity contribution is -0.156. The van der Waals surface area contributed by atoms with Gasteiger partial charge in [-0.3, -0.25) is 19.3 Å². The number of carbonyl (C=O) groups excluding carboxylic acids is 3. The summed E-state index contributed by atoms with van der Waals surface area (Å²) in [5.41, 5.74) is -0.176. The molecule has 1 aromatic carbocycles. The van der Waals surface area contributed by atoms with Crippen LogP contribution in [0.15, 0.2) is 17.0 Å². The van der Waals surface area contributed by atoms with Crippen LogP contribution in [0.3, 0.4) is 0 Å². The number of imide groups is 1. The van der Waals surface area contributed by atoms with Gasteiger partial charge in [0.15, 0.2) is 11.5 Å². The van der Waals surface area contributed by atoms with Crippen LogP contribution in [0.4, 0.5) is 4.79 Å². The van der Waals surface area contributed by atoms with Crippen molar-refractivity contribution in [1.82, 2.24) is 4.90 Å². The van der Waals surface area contributed by atoms with Crippen LogP contribution in [-0.2, 0) is 14.3 Å². The van der Waals surface area contributed by atoms with E-state index in [-0.39, 0.29) is 4.91 Å². The number of nitrogens with zero attached hydrogens (tertiary/aromatic N) is 1. The molecule has 1 aliphatic rings. The van der Waals surface area contributed by atoms with Crippen molar-refractivity contribution in [2.24, 2.45) is 0 Å². The van der Waals surface area contributed by atoms with Crippen LogP contribution in [0.25, 0.3) is 6.08 Å². The van der Waals surface area contributed by atoms with Gasteiger partial charge < -0.3 is 18.9 Å². The largest absolute Gasteiger partial charge is 0.493 e. The van der Waals surface area contributed by atoms with Crippen LogP contribution < -0.4 is 14.2 Å². The molecule has 9 heteroatoms. The Kier molecular flexibility index (Phi) is 6.60. The molecule has 8 nitrogen and oxygen atoms in total. The highest BCUT2D eigenvalue weighted by Crippen LogP contribution is 2.42. The quantitative estimate of drug-likeness (QED) is 0.523. The normalized spacial score (nSPS) is 15.8. The third-order valence-corrected chi connectivity index (χ3v) is 4.51. The number of benzene rings is 1. The fourth-order valence-electron chi connectivity index (χ4n) is 2.52. The minimum absolute atomic E-state index is 0.166. The van der Waals surface area contributed by atoms with Gasteiger partial charge in [-0.15, -0.1) is 0 Å². The van der Waals surface area contributed by atoms with E-state index in [1.807, 2.05) is 0 Å². The minimum atomic E-state index is -0.707. The first-order valence-corrected chi connectivity index (χ1v) is 9.19. The molecule has 0 unspecified atom stereocenters. The summed E-state index contributed by atoms with van der Waals surface area (Å²) in [6, 6.07) is 3.35. The van der Waals surface area contributed by atoms with Gasteiger partial charge in [0, 0.05) is 5.56 Å². The lowest BCUT2D eigenvalue weighted by Gasteiger charge is -2.21. The Bertz CT molecular complexity index is 826. The van der Waals surface area contributed by atoms with Crippen molar-refractivity contribution in [2.45, 2.75) is 26.4 Å². The Morgan fingerprint density at radius 1 is 1.07 bits per heavy atom. The number of hydrogen-bond acceptors (Lipinski definition) is 8. The molecule has 0 atom stereocenters. The van der Waals surface area contributed by atoms with E-state index in [9.17, 15) is 14.4 Å². The molecule has 1 fully saturated rings. The molecule has 1 saturated heterocycles. The van der Waals surface area contributed by atoms with Crippen molar-refractivity contribution in [3.05, 3.63) is 22.6 Å². The molecule has 0 saturated carbocycles. The monoisotopic (exact) mass is 409 g/mol. The Morgan fingerprint density at radius 3 is 2.25 bits per heavy atom. The molecule has 0 aromatic heterocycles. The van der Waals surface area contributed by atoms with E-state index in [0.717, 1.165) is 16.7 Å². The zero-order valence-corrected chi connectivity index (χ0v) is 17.5. The summed E-state index contributed by atoms with van der Waals surface area (Å²) in [6.07, 6.45) is 1.51. The highest BCUT2D eigenvalue weighted by atomic mass is 32.2. The van der Waals surface area contributed by atoms with Crippen molar-refractivity contribution in [2.75, 3.05) is 27.9 Å². The highest BCUT2D eigenvalue weighted by molar-refractivity contribution is 8.18. The second-order valence-corrected chi connectivity index (χ2v) is 7.77. The van der Waals surface area contributed by atoms with Crippen LogP contribution in [0.5, 0.6) is 17.2 Å². The van der Waals surface area contributed by atoms with E-state index in [0.29, 0.717) is 22.8 Å². The summed E-state index contributed by atoms with van der Waals surface area (Å²) in [7, 11) is 4.43. The van der Waals surface area contributed by atoms with Crippen molar-refractivity contribution in [1.29, 1.82) is 0 Å². The summed E-state index contributed by atoms with van der Waals surface area (Å²) in [4.78, 5) is 37.8. The Balaban J connectivity index is 2.30. The number of thioether (sulfide) groups is 1. The molecule has 1 aromatic rings. The van der Waals surface area contributed by atoms with Crippen molar-refractivity contribution >= 4 is 35.0 Å². The molecule has 1 heterocycles. The maximum Gasteiger partial charge on any atom is 0.326 e. The molecule has 0 spiro atoms. The van der Waals surface area contributed by atoms with Crippen LogP contribution in [0, 0.1) is 0 Å². The van der Waals surface area contributed by atoms with E-state index in [1.165, 1.54) is 27.4 Å². The number of methoxy groups -OCH3 is 3. The van der Waals surface area contributed by atoms with E-state index in [2.05, 4.69) is 0 Å². The molecule has 2 rings (SSSR count). The number of esters is 1. The Labute approximate surface area is 167 Å². The molecule has 0 radical (unpaired) electrons. The van der Waals surface area contributed by atoms with Gasteiger partial charge in [-0.1, -0.05) is 0 Å². The molecule has 2 amide bonds. The van der Waals surface area contributed by atoms with E-state index in [1.54, 1.807) is 32.9 Å². The Morgan fingerprint density at radius 2 is 1.71 bits per heavy atom. The van der Waals surface area contributed by atoms with E-state index < -0.39 is 29.3 Å². The first kappa shape index (κ1) is 21.6. The van der Waals surface area contributed by atoms with Crippen LogP contribution in [0.1, 0.15) is 26.3 Å². The van der Waals surface area contributed by atoms with Gasteiger partial charge in [-0.2, -0.15) is 0 Å². The first-order valence-electron chi connectivity index (χ1n) is 8.37. The van der Waals surface area contributed by atoms with Crippen molar-refractivity contribution in [3.63, 3.8) is 0 Å². The fraction of sp³-hybridized carbons (Fsp3) is 0.421. The maximum absolute atomic E-state index is 12.6. The summed E-state index contributed by atoms with van der Waals surface area (Å²) < 4.78 is 21.1. The standard InChI is InChI=1S/C19H23NO7S/c1-19(2,3)27-14(21)10-20-17(22)13(28-18(20)23)9-11-7-8-12(24-4)16(26-6)15(11)25-5/h7-9H,10H2,1-6H3/b13-9-. The maximum atomic E-state index is 12.6. The van der Waals surface area contributed by atoms with Gasteiger partial charge in [0.2, 0.25) is 5.75 Å². The second kappa shape index (κ2) is 8.55. The lowest BCUT2D eigenvalue weighted by Crippen LogP contribution is -2.37. The minimum Gasteiger partial charge on any atom is -0.493 e. The van der Waals surface area contributed by atoms with Crippen molar-refractivity contribution < 1.29 is 33.3 Å². The number of hydrogen-bond donors (Lipinski definition) is 0. The number of carbonyl (C=O) groups is 3. The molecular formula is C19H23NO7S. The first-order chi connectivity index (χ1) is 13.1. The third-order valence-electron chi connectivity index (χ3n) is 3.60. The average molecular weight is 409 g/mol. The number of rotatable bonds is 6. The second-order valence-electron chi connectivity index (χ2n) is 6.78. The fourth-order valence-corrected chi connectivity index (χ4v) is 3.35. The molecule has 1 aliphatic heterocycles. The molecule has 28 heavy (non-hydrogen) atoms. The summed E-state index contributed by atoms with van der Waals surface area (Å²) in [5.74, 6) is -0.0282. The van der Waals surface area contributed by atoms with Crippen LogP contribution >= 0.6 is 11.8 Å². The predicted molar refractivity (Wildman–Crippen MR) is 105 cm³/mol. The van der Waals surface area contributed by atoms with Gasteiger partial charge in [0.25, 0.3) is 11.1 Å². The van der Waals surface area contributed by atoms with Gasteiger partial charge >= 0.3 is 5.97 Å². The molecule has 0 bridgehead atoms. The van der Waals surface area contributed by atoms with Crippen molar-refractivity contribution in [3.8, 4) is 17.2 Å².